The summed E-state index contributed by atoms with van der Waals surface area (Å²) in [4.78, 5) is 0. The minimum atomic E-state index is -0.125. The third kappa shape index (κ3) is 7.20. The Kier molecular flexibility index (Phi) is 11.5. The van der Waals surface area contributed by atoms with Gasteiger partial charge in [0, 0.05) is 0 Å². The van der Waals surface area contributed by atoms with Crippen molar-refractivity contribution in [2.75, 3.05) is 13.2 Å². The van der Waals surface area contributed by atoms with Crippen molar-refractivity contribution in [1.82, 2.24) is 0 Å². The van der Waals surface area contributed by atoms with Crippen molar-refractivity contribution in [3.8, 4) is 0 Å². The first-order valence-electron chi connectivity index (χ1n) is 5.92. The van der Waals surface area contributed by atoms with Gasteiger partial charge in [0.2, 0.25) is 0 Å². The number of rotatable bonds is 2. The second-order valence-corrected chi connectivity index (χ2v) is 4.84. The van der Waals surface area contributed by atoms with Crippen LogP contribution in [0.25, 0.3) is 0 Å². The van der Waals surface area contributed by atoms with Crippen molar-refractivity contribution in [2.45, 2.75) is 53.6 Å². The first-order valence-corrected chi connectivity index (χ1v) is 5.92. The fraction of sp³-hybridized carbons (Fsp3) is 1.00. The lowest BCUT2D eigenvalue weighted by molar-refractivity contribution is 0.0266. The van der Waals surface area contributed by atoms with Crippen molar-refractivity contribution in [2.24, 2.45) is 17.8 Å². The summed E-state index contributed by atoms with van der Waals surface area (Å²) in [6, 6.07) is 0. The van der Waals surface area contributed by atoms with Crippen LogP contribution in [-0.4, -0.2) is 34.6 Å². The smallest absolute Gasteiger partial charge is 0.0662 e. The van der Waals surface area contributed by atoms with Gasteiger partial charge in [-0.1, -0.05) is 34.6 Å². The monoisotopic (exact) mass is 234 g/mol. The molecule has 1 rings (SSSR count). The van der Waals surface area contributed by atoms with Gasteiger partial charge in [-0.15, -0.1) is 0 Å². The molecule has 3 atom stereocenters. The van der Waals surface area contributed by atoms with Crippen molar-refractivity contribution in [1.29, 1.82) is 0 Å². The van der Waals surface area contributed by atoms with E-state index in [-0.39, 0.29) is 26.7 Å². The highest BCUT2D eigenvalue weighted by Crippen LogP contribution is 2.33. The topological polar surface area (TPSA) is 60.7 Å². The maximum atomic E-state index is 9.71. The Labute approximate surface area is 101 Å². The molecule has 100 valence electrons. The van der Waals surface area contributed by atoms with E-state index in [2.05, 4.69) is 20.8 Å². The Balaban J connectivity index is 0. The highest BCUT2D eigenvalue weighted by molar-refractivity contribution is 4.79. The van der Waals surface area contributed by atoms with Crippen molar-refractivity contribution >= 4 is 0 Å². The predicted octanol–water partition coefficient (Wildman–Crippen LogP) is 2.05. The van der Waals surface area contributed by atoms with Gasteiger partial charge in [-0.2, -0.15) is 0 Å². The molecule has 3 heteroatoms. The maximum absolute atomic E-state index is 9.71. The minimum absolute atomic E-state index is 0. The van der Waals surface area contributed by atoms with Gasteiger partial charge >= 0.3 is 0 Å². The molecule has 1 saturated carbocycles. The van der Waals surface area contributed by atoms with E-state index >= 15 is 0 Å². The van der Waals surface area contributed by atoms with E-state index in [0.29, 0.717) is 11.8 Å². The summed E-state index contributed by atoms with van der Waals surface area (Å²) in [6.07, 6.45) is 3.52. The average molecular weight is 234 g/mol. The lowest BCUT2D eigenvalue weighted by atomic mass is 9.75. The van der Waals surface area contributed by atoms with Gasteiger partial charge < -0.3 is 15.3 Å². The fourth-order valence-corrected chi connectivity index (χ4v) is 2.15. The summed E-state index contributed by atoms with van der Waals surface area (Å²) in [7, 11) is 0. The summed E-state index contributed by atoms with van der Waals surface area (Å²) in [5.41, 5.74) is 0. The Morgan fingerprint density at radius 3 is 1.94 bits per heavy atom. The van der Waals surface area contributed by atoms with E-state index in [9.17, 15) is 5.11 Å². The van der Waals surface area contributed by atoms with Crippen LogP contribution in [0.5, 0.6) is 0 Å². The molecule has 0 aromatic carbocycles. The van der Waals surface area contributed by atoms with Crippen LogP contribution in [0.1, 0.15) is 47.5 Å². The highest BCUT2D eigenvalue weighted by atomic mass is 16.3. The van der Waals surface area contributed by atoms with Gasteiger partial charge in [0.15, 0.2) is 0 Å². The third-order valence-corrected chi connectivity index (χ3v) is 3.09. The highest BCUT2D eigenvalue weighted by Gasteiger charge is 2.28. The molecular formula is C13H30O3. The van der Waals surface area contributed by atoms with Crippen molar-refractivity contribution in [3.63, 3.8) is 0 Å². The molecule has 1 aliphatic carbocycles. The Hall–Kier alpha value is -0.120. The van der Waals surface area contributed by atoms with Gasteiger partial charge in [0.05, 0.1) is 19.3 Å². The SMILES string of the molecule is C.CC1CCC(C(C)C)C(O)C1.OCCO. The summed E-state index contributed by atoms with van der Waals surface area (Å²) >= 11 is 0. The van der Waals surface area contributed by atoms with E-state index < -0.39 is 0 Å². The molecule has 0 aliphatic heterocycles. The van der Waals surface area contributed by atoms with Crippen LogP contribution in [-0.2, 0) is 0 Å². The van der Waals surface area contributed by atoms with E-state index in [1.54, 1.807) is 0 Å². The standard InChI is InChI=1S/C10H20O.C2H6O2.CH4/c1-7(2)9-5-4-8(3)6-10(9)11;3-1-2-4;/h7-11H,4-6H2,1-3H3;3-4H,1-2H2;1H4. The molecule has 1 fully saturated rings. The van der Waals surface area contributed by atoms with Crippen LogP contribution in [0.15, 0.2) is 0 Å². The molecular weight excluding hydrogens is 204 g/mol. The quantitative estimate of drug-likeness (QED) is 0.685. The lowest BCUT2D eigenvalue weighted by Gasteiger charge is -2.33. The van der Waals surface area contributed by atoms with Gasteiger partial charge in [-0.25, -0.2) is 0 Å². The third-order valence-electron chi connectivity index (χ3n) is 3.09. The zero-order valence-electron chi connectivity index (χ0n) is 10.2. The first kappa shape index (κ1) is 18.3. The summed E-state index contributed by atoms with van der Waals surface area (Å²) in [6.45, 7) is 6.41. The van der Waals surface area contributed by atoms with E-state index in [4.69, 9.17) is 10.2 Å². The molecule has 0 aromatic rings. The van der Waals surface area contributed by atoms with Crippen LogP contribution in [0, 0.1) is 17.8 Å². The predicted molar refractivity (Wildman–Crippen MR) is 68.3 cm³/mol. The average Bonchev–Trinajstić information content (AvgIpc) is 2.17. The van der Waals surface area contributed by atoms with E-state index in [1.165, 1.54) is 12.8 Å². The maximum Gasteiger partial charge on any atom is 0.0662 e. The van der Waals surface area contributed by atoms with E-state index in [1.807, 2.05) is 0 Å². The molecule has 0 saturated heterocycles. The lowest BCUT2D eigenvalue weighted by Crippen LogP contribution is -2.31. The molecule has 3 unspecified atom stereocenters. The van der Waals surface area contributed by atoms with Crippen molar-refractivity contribution < 1.29 is 15.3 Å². The Morgan fingerprint density at radius 1 is 1.12 bits per heavy atom. The van der Waals surface area contributed by atoms with Crippen LogP contribution < -0.4 is 0 Å². The fourth-order valence-electron chi connectivity index (χ4n) is 2.15. The molecule has 0 heterocycles. The second-order valence-electron chi connectivity index (χ2n) is 4.84. The Morgan fingerprint density at radius 2 is 1.62 bits per heavy atom. The van der Waals surface area contributed by atoms with Crippen molar-refractivity contribution in [3.05, 3.63) is 0 Å². The first-order chi connectivity index (χ1) is 7.02. The molecule has 3 N–H and O–H groups in total. The largest absolute Gasteiger partial charge is 0.394 e. The molecule has 0 bridgehead atoms. The van der Waals surface area contributed by atoms with Gasteiger partial charge in [-0.3, -0.25) is 0 Å². The number of aliphatic hydroxyl groups is 3. The van der Waals surface area contributed by atoms with Crippen LogP contribution in [0.2, 0.25) is 0 Å². The molecule has 0 spiro atoms. The molecule has 0 amide bonds. The van der Waals surface area contributed by atoms with Gasteiger partial charge in [-0.05, 0) is 30.6 Å². The number of hydrogen-bond donors (Lipinski definition) is 3. The zero-order valence-corrected chi connectivity index (χ0v) is 10.2. The summed E-state index contributed by atoms with van der Waals surface area (Å²) < 4.78 is 0. The Bertz CT molecular complexity index is 146. The molecule has 16 heavy (non-hydrogen) atoms. The second kappa shape index (κ2) is 10.1. The van der Waals surface area contributed by atoms with E-state index in [0.717, 1.165) is 12.3 Å². The van der Waals surface area contributed by atoms with Crippen LogP contribution >= 0.6 is 0 Å². The normalized spacial score (nSPS) is 29.1. The van der Waals surface area contributed by atoms with Crippen LogP contribution in [0.4, 0.5) is 0 Å². The van der Waals surface area contributed by atoms with Gasteiger partial charge in [0.1, 0.15) is 0 Å². The molecule has 0 aromatic heterocycles. The molecule has 3 nitrogen and oxygen atoms in total. The van der Waals surface area contributed by atoms with Gasteiger partial charge in [0.25, 0.3) is 0 Å². The van der Waals surface area contributed by atoms with Crippen LogP contribution in [0.3, 0.4) is 0 Å². The molecule has 1 aliphatic rings. The summed E-state index contributed by atoms with van der Waals surface area (Å²) in [5, 5.41) is 25.0. The number of aliphatic hydroxyl groups excluding tert-OH is 3. The molecule has 0 radical (unpaired) electrons. The minimum Gasteiger partial charge on any atom is -0.394 e. The zero-order chi connectivity index (χ0) is 11.8. The number of hydrogen-bond acceptors (Lipinski definition) is 3. The summed E-state index contributed by atoms with van der Waals surface area (Å²) in [5.74, 6) is 1.95.